The summed E-state index contributed by atoms with van der Waals surface area (Å²) in [6.07, 6.45) is 0. The quantitative estimate of drug-likeness (QED) is 0.792. The van der Waals surface area contributed by atoms with Crippen LogP contribution in [-0.2, 0) is 11.3 Å². The Bertz CT molecular complexity index is 831. The molecule has 1 aromatic heterocycles. The Balaban J connectivity index is 1.69. The maximum atomic E-state index is 12.5. The molecule has 1 aliphatic heterocycles. The fourth-order valence-electron chi connectivity index (χ4n) is 2.96. The lowest BCUT2D eigenvalue weighted by Crippen LogP contribution is -2.50. The van der Waals surface area contributed by atoms with Crippen molar-refractivity contribution in [3.63, 3.8) is 0 Å². The van der Waals surface area contributed by atoms with E-state index < -0.39 is 5.76 Å². The molecule has 3 rings (SSSR count). The van der Waals surface area contributed by atoms with Crippen molar-refractivity contribution >= 4 is 28.6 Å². The standard InChI is InChI=1S/C17H20ClN3O3/c1-12(2)10-19-5-7-20(8-6-19)16(22)11-21-14-4-3-13(18)9-15(14)24-17(21)23/h3-4,9H,1,5-8,10-11H2,2H3. The number of carbonyl (C=O) groups excluding carboxylic acids is 1. The molecule has 1 aliphatic rings. The molecule has 0 aliphatic carbocycles. The average molecular weight is 350 g/mol. The summed E-state index contributed by atoms with van der Waals surface area (Å²) in [5.74, 6) is -0.619. The van der Waals surface area contributed by atoms with Gasteiger partial charge in [-0.2, -0.15) is 0 Å². The molecule has 7 heteroatoms. The number of oxazole rings is 1. The van der Waals surface area contributed by atoms with E-state index in [2.05, 4.69) is 11.5 Å². The van der Waals surface area contributed by atoms with Crippen molar-refractivity contribution in [3.8, 4) is 0 Å². The third-order valence-corrected chi connectivity index (χ3v) is 4.38. The monoisotopic (exact) mass is 349 g/mol. The molecule has 1 aromatic carbocycles. The Morgan fingerprint density at radius 3 is 2.62 bits per heavy atom. The molecule has 1 fully saturated rings. The summed E-state index contributed by atoms with van der Waals surface area (Å²) >= 11 is 5.90. The molecule has 2 aromatic rings. The largest absolute Gasteiger partial charge is 0.420 e. The minimum Gasteiger partial charge on any atom is -0.408 e. The Morgan fingerprint density at radius 1 is 1.25 bits per heavy atom. The van der Waals surface area contributed by atoms with Crippen LogP contribution < -0.4 is 5.76 Å². The fourth-order valence-corrected chi connectivity index (χ4v) is 3.12. The van der Waals surface area contributed by atoms with Crippen LogP contribution >= 0.6 is 11.6 Å². The van der Waals surface area contributed by atoms with Crippen LogP contribution in [-0.4, -0.2) is 53.0 Å². The summed E-state index contributed by atoms with van der Waals surface area (Å²) in [5.41, 5.74) is 2.09. The maximum absolute atomic E-state index is 12.5. The number of fused-ring (bicyclic) bond motifs is 1. The molecule has 0 saturated carbocycles. The molecular formula is C17H20ClN3O3. The molecule has 24 heavy (non-hydrogen) atoms. The third kappa shape index (κ3) is 3.55. The predicted octanol–water partition coefficient (Wildman–Crippen LogP) is 1.97. The molecule has 0 spiro atoms. The molecule has 0 unspecified atom stereocenters. The van der Waals surface area contributed by atoms with Crippen LogP contribution in [0.1, 0.15) is 6.92 Å². The van der Waals surface area contributed by atoms with Crippen molar-refractivity contribution in [3.05, 3.63) is 45.9 Å². The van der Waals surface area contributed by atoms with E-state index in [1.54, 1.807) is 23.1 Å². The van der Waals surface area contributed by atoms with Gasteiger partial charge in [0.15, 0.2) is 5.58 Å². The smallest absolute Gasteiger partial charge is 0.408 e. The van der Waals surface area contributed by atoms with Gasteiger partial charge in [-0.25, -0.2) is 4.79 Å². The lowest BCUT2D eigenvalue weighted by molar-refractivity contribution is -0.133. The second kappa shape index (κ2) is 6.83. The molecule has 0 bridgehead atoms. The van der Waals surface area contributed by atoms with Gasteiger partial charge in [-0.1, -0.05) is 23.8 Å². The first-order valence-corrected chi connectivity index (χ1v) is 8.25. The highest BCUT2D eigenvalue weighted by Crippen LogP contribution is 2.18. The summed E-state index contributed by atoms with van der Waals surface area (Å²) in [6.45, 7) is 9.69. The minimum absolute atomic E-state index is 0.0199. The fraction of sp³-hybridized carbons (Fsp3) is 0.412. The van der Waals surface area contributed by atoms with Gasteiger partial charge in [-0.05, 0) is 19.1 Å². The van der Waals surface area contributed by atoms with Gasteiger partial charge in [0.2, 0.25) is 5.91 Å². The molecule has 6 nitrogen and oxygen atoms in total. The number of rotatable bonds is 4. The first-order chi connectivity index (χ1) is 11.4. The van der Waals surface area contributed by atoms with Crippen LogP contribution in [0.5, 0.6) is 0 Å². The van der Waals surface area contributed by atoms with E-state index in [0.717, 1.165) is 25.2 Å². The highest BCUT2D eigenvalue weighted by Gasteiger charge is 2.22. The maximum Gasteiger partial charge on any atom is 0.420 e. The van der Waals surface area contributed by atoms with E-state index >= 15 is 0 Å². The van der Waals surface area contributed by atoms with Crippen molar-refractivity contribution < 1.29 is 9.21 Å². The number of benzene rings is 1. The van der Waals surface area contributed by atoms with Crippen LogP contribution in [0.2, 0.25) is 5.02 Å². The zero-order chi connectivity index (χ0) is 17.3. The molecule has 0 radical (unpaired) electrons. The zero-order valence-corrected chi connectivity index (χ0v) is 14.4. The normalized spacial score (nSPS) is 15.8. The van der Waals surface area contributed by atoms with Gasteiger partial charge in [0.1, 0.15) is 6.54 Å². The second-order valence-corrected chi connectivity index (χ2v) is 6.62. The molecule has 1 saturated heterocycles. The van der Waals surface area contributed by atoms with E-state index in [-0.39, 0.29) is 12.5 Å². The van der Waals surface area contributed by atoms with Crippen LogP contribution in [0, 0.1) is 0 Å². The van der Waals surface area contributed by atoms with Gasteiger partial charge in [-0.3, -0.25) is 14.3 Å². The number of aromatic nitrogens is 1. The summed E-state index contributed by atoms with van der Waals surface area (Å²) in [6, 6.07) is 4.95. The van der Waals surface area contributed by atoms with Crippen molar-refractivity contribution in [1.29, 1.82) is 0 Å². The highest BCUT2D eigenvalue weighted by atomic mass is 35.5. The van der Waals surface area contributed by atoms with Crippen LogP contribution in [0.4, 0.5) is 0 Å². The summed E-state index contributed by atoms with van der Waals surface area (Å²) < 4.78 is 6.52. The van der Waals surface area contributed by atoms with Gasteiger partial charge in [0, 0.05) is 43.8 Å². The molecule has 2 heterocycles. The second-order valence-electron chi connectivity index (χ2n) is 6.18. The molecule has 128 valence electrons. The van der Waals surface area contributed by atoms with Gasteiger partial charge >= 0.3 is 5.76 Å². The zero-order valence-electron chi connectivity index (χ0n) is 13.6. The van der Waals surface area contributed by atoms with Crippen LogP contribution in [0.15, 0.2) is 39.6 Å². The van der Waals surface area contributed by atoms with Gasteiger partial charge in [-0.15, -0.1) is 0 Å². The van der Waals surface area contributed by atoms with E-state index in [4.69, 9.17) is 16.0 Å². The number of carbonyl (C=O) groups is 1. The first kappa shape index (κ1) is 16.8. The number of piperazine rings is 1. The number of hydrogen-bond donors (Lipinski definition) is 0. The summed E-state index contributed by atoms with van der Waals surface area (Å²) in [5, 5.41) is 0.489. The average Bonchev–Trinajstić information content (AvgIpc) is 2.82. The van der Waals surface area contributed by atoms with E-state index in [0.29, 0.717) is 29.2 Å². The number of amides is 1. The number of halogens is 1. The molecular weight excluding hydrogens is 330 g/mol. The Morgan fingerprint density at radius 2 is 1.96 bits per heavy atom. The molecule has 0 atom stereocenters. The summed E-state index contributed by atoms with van der Waals surface area (Å²) in [7, 11) is 0. The van der Waals surface area contributed by atoms with Crippen molar-refractivity contribution in [1.82, 2.24) is 14.4 Å². The van der Waals surface area contributed by atoms with Crippen molar-refractivity contribution in [2.75, 3.05) is 32.7 Å². The lowest BCUT2D eigenvalue weighted by atomic mass is 10.2. The number of nitrogens with zero attached hydrogens (tertiary/aromatic N) is 3. The van der Waals surface area contributed by atoms with E-state index in [1.165, 1.54) is 4.57 Å². The lowest BCUT2D eigenvalue weighted by Gasteiger charge is -2.34. The molecule has 0 N–H and O–H groups in total. The van der Waals surface area contributed by atoms with Gasteiger partial charge < -0.3 is 9.32 Å². The minimum atomic E-state index is -0.540. The molecule has 1 amide bonds. The van der Waals surface area contributed by atoms with Crippen molar-refractivity contribution in [2.45, 2.75) is 13.5 Å². The van der Waals surface area contributed by atoms with Crippen LogP contribution in [0.3, 0.4) is 0 Å². The van der Waals surface area contributed by atoms with E-state index in [9.17, 15) is 9.59 Å². The predicted molar refractivity (Wildman–Crippen MR) is 93.3 cm³/mol. The SMILES string of the molecule is C=C(C)CN1CCN(C(=O)Cn2c(=O)oc3cc(Cl)ccc32)CC1. The Kier molecular flexibility index (Phi) is 4.78. The number of hydrogen-bond acceptors (Lipinski definition) is 4. The van der Waals surface area contributed by atoms with Crippen LogP contribution in [0.25, 0.3) is 11.1 Å². The van der Waals surface area contributed by atoms with Crippen molar-refractivity contribution in [2.24, 2.45) is 0 Å². The van der Waals surface area contributed by atoms with Gasteiger partial charge in [0.05, 0.1) is 5.52 Å². The van der Waals surface area contributed by atoms with E-state index in [1.807, 2.05) is 6.92 Å². The third-order valence-electron chi connectivity index (χ3n) is 4.14. The Labute approximate surface area is 144 Å². The Hall–Kier alpha value is -2.05. The highest BCUT2D eigenvalue weighted by molar-refractivity contribution is 6.31. The topological polar surface area (TPSA) is 58.7 Å². The summed E-state index contributed by atoms with van der Waals surface area (Å²) in [4.78, 5) is 28.6. The first-order valence-electron chi connectivity index (χ1n) is 7.87. The van der Waals surface area contributed by atoms with Gasteiger partial charge in [0.25, 0.3) is 0 Å².